The second kappa shape index (κ2) is 12.3. The Morgan fingerprint density at radius 3 is 1.93 bits per heavy atom. The molecule has 0 N–H and O–H groups in total. The van der Waals surface area contributed by atoms with E-state index in [-0.39, 0.29) is 10.8 Å². The van der Waals surface area contributed by atoms with Crippen LogP contribution in [0.3, 0.4) is 0 Å². The van der Waals surface area contributed by atoms with Crippen LogP contribution < -0.4 is 4.74 Å². The molecule has 0 bridgehead atoms. The number of hydrogen-bond acceptors (Lipinski definition) is 2. The second-order valence-corrected chi connectivity index (χ2v) is 18.8. The van der Waals surface area contributed by atoms with Crippen LogP contribution >= 0.6 is 0 Å². The first-order chi connectivity index (χ1) is 27.8. The van der Waals surface area contributed by atoms with Gasteiger partial charge in [-0.25, -0.2) is 0 Å². The Bertz CT molecular complexity index is 3550. The molecule has 0 saturated carbocycles. The Labute approximate surface area is 347 Å². The van der Waals surface area contributed by atoms with Gasteiger partial charge in [-0.3, -0.25) is 0 Å². The molecule has 11 rings (SSSR count). The van der Waals surface area contributed by atoms with Crippen molar-refractivity contribution >= 4 is 70.9 Å². The minimum atomic E-state index is -0.0966. The van der Waals surface area contributed by atoms with Crippen molar-refractivity contribution in [3.63, 3.8) is 0 Å². The quantitative estimate of drug-likeness (QED) is 0.176. The van der Waals surface area contributed by atoms with E-state index < -0.39 is 0 Å². The number of aryl methyl sites for hydroxylation is 1. The zero-order valence-corrected chi connectivity index (χ0v) is 35.9. The first-order valence-electron chi connectivity index (χ1n) is 19.9. The van der Waals surface area contributed by atoms with Crippen LogP contribution in [0.1, 0.15) is 52.7 Å². The fourth-order valence-electron chi connectivity index (χ4n) is 9.09. The van der Waals surface area contributed by atoms with Gasteiger partial charge < -0.3 is 4.40 Å². The molecule has 5 aromatic heterocycles. The van der Waals surface area contributed by atoms with Crippen LogP contribution in [0.15, 0.2) is 134 Å². The molecule has 0 spiro atoms. The number of fused-ring (bicyclic) bond motifs is 10. The third-order valence-corrected chi connectivity index (χ3v) is 13.4. The van der Waals surface area contributed by atoms with Crippen molar-refractivity contribution in [2.24, 2.45) is 7.05 Å². The van der Waals surface area contributed by atoms with Gasteiger partial charge in [-0.1, -0.05) is 57.2 Å². The number of pyridine rings is 1. The summed E-state index contributed by atoms with van der Waals surface area (Å²) in [6.45, 7) is 13.6. The van der Waals surface area contributed by atoms with Gasteiger partial charge in [-0.15, -0.1) is 0 Å². The van der Waals surface area contributed by atoms with E-state index in [2.05, 4.69) is 213 Å². The van der Waals surface area contributed by atoms with Gasteiger partial charge in [0.25, 0.3) is 0 Å². The average Bonchev–Trinajstić information content (AvgIpc) is 3.90. The van der Waals surface area contributed by atoms with Crippen molar-refractivity contribution in [1.82, 2.24) is 23.1 Å². The van der Waals surface area contributed by atoms with Crippen molar-refractivity contribution < 1.29 is 24.1 Å². The number of aromatic nitrogens is 5. The second-order valence-electron chi connectivity index (χ2n) is 17.8. The molecule has 0 saturated heterocycles. The Balaban J connectivity index is 1.15. The number of hydrogen-bond donors (Lipinski definition) is 0. The molecule has 0 radical (unpaired) electrons. The van der Waals surface area contributed by atoms with E-state index in [9.17, 15) is 0 Å². The van der Waals surface area contributed by atoms with E-state index >= 15 is 0 Å². The molecule has 288 valence electrons. The molecule has 7 heteroatoms. The summed E-state index contributed by atoms with van der Waals surface area (Å²) in [4.78, 5) is 5.05. The van der Waals surface area contributed by atoms with Crippen LogP contribution in [0.2, 0.25) is 0 Å². The van der Waals surface area contributed by atoms with E-state index in [0.717, 1.165) is 48.7 Å². The summed E-state index contributed by atoms with van der Waals surface area (Å²) < 4.78 is 17.4. The number of ether oxygens (including phenoxy) is 1. The number of imidazole rings is 1. The van der Waals surface area contributed by atoms with Crippen LogP contribution in [0.25, 0.3) is 82.4 Å². The standard InChI is InChI=1S/C51H43N5O.Pt/c1-50(2,3)31-21-22-52-48(25-31)55-45-27-34(57-35-24-32(51(4,5)6)23-33(26-35)54-30-53(7)43-17-10-11-18-44(43)54)19-20-37(45)40-28-41-39-15-12-14-38-36-13-8-9-16-42(36)56(49(38)39)47(41)29-46(40)55;/h8-29H,1-7H3;. The summed E-state index contributed by atoms with van der Waals surface area (Å²) in [5.74, 6) is 2.46. The maximum absolute atomic E-state index is 6.95. The SMILES string of the molecule is Cn1[c](=[Pt])n(-c2cc(Oc3ccc4c5cc6c7cccc8c9ccccc9n(c6cc5n(-c5cc(C(C)(C)C)ccn5)c4c3)c87)cc(C(C)(C)C)c2)c2ccccc21. The van der Waals surface area contributed by atoms with Crippen molar-refractivity contribution in [3.8, 4) is 23.0 Å². The summed E-state index contributed by atoms with van der Waals surface area (Å²) in [6, 6.07) is 46.4. The molecule has 0 amide bonds. The molecule has 0 fully saturated rings. The van der Waals surface area contributed by atoms with Gasteiger partial charge in [0.05, 0.1) is 16.6 Å². The molecule has 0 atom stereocenters. The average molecular weight is 937 g/mol. The van der Waals surface area contributed by atoms with E-state index in [4.69, 9.17) is 9.72 Å². The van der Waals surface area contributed by atoms with Crippen LogP contribution in [-0.2, 0) is 37.2 Å². The Morgan fingerprint density at radius 2 is 1.16 bits per heavy atom. The Kier molecular flexibility index (Phi) is 7.45. The number of nitrogens with zero attached hydrogens (tertiary/aromatic N) is 5. The number of rotatable bonds is 4. The molecule has 0 aliphatic rings. The van der Waals surface area contributed by atoms with Crippen LogP contribution in [-0.4, -0.2) is 23.1 Å². The van der Waals surface area contributed by atoms with E-state index in [1.807, 2.05) is 6.20 Å². The third kappa shape index (κ3) is 5.14. The molecule has 11 aromatic rings. The molecular weight excluding hydrogens is 894 g/mol. The molecule has 5 heterocycles. The van der Waals surface area contributed by atoms with Gasteiger partial charge in [-0.2, -0.15) is 0 Å². The van der Waals surface area contributed by atoms with Crippen LogP contribution in [0, 0.1) is 3.80 Å². The minimum absolute atomic E-state index is 0.0427. The fraction of sp³-hybridized carbons (Fsp3) is 0.176. The summed E-state index contributed by atoms with van der Waals surface area (Å²) in [5, 5.41) is 7.44. The summed E-state index contributed by atoms with van der Waals surface area (Å²) in [5.41, 5.74) is 11.6. The van der Waals surface area contributed by atoms with Gasteiger partial charge in [0.15, 0.2) is 0 Å². The molecule has 6 aromatic carbocycles. The van der Waals surface area contributed by atoms with Crippen molar-refractivity contribution in [2.75, 3.05) is 0 Å². The topological polar surface area (TPSA) is 41.3 Å². The molecular formula is C51H43N5OPt. The molecule has 0 aliphatic heterocycles. The monoisotopic (exact) mass is 936 g/mol. The normalized spacial score (nSPS) is 12.8. The first kappa shape index (κ1) is 35.2. The zero-order valence-electron chi connectivity index (χ0n) is 33.7. The van der Waals surface area contributed by atoms with Crippen LogP contribution in [0.5, 0.6) is 11.5 Å². The van der Waals surface area contributed by atoms with E-state index in [1.165, 1.54) is 60.1 Å². The Morgan fingerprint density at radius 1 is 0.500 bits per heavy atom. The first-order valence-corrected chi connectivity index (χ1v) is 21.1. The molecule has 6 nitrogen and oxygen atoms in total. The summed E-state index contributed by atoms with van der Waals surface area (Å²) >= 11 is 2.43. The van der Waals surface area contributed by atoms with Gasteiger partial charge in [0.1, 0.15) is 0 Å². The molecule has 0 unspecified atom stereocenters. The number of para-hydroxylation sites is 4. The van der Waals surface area contributed by atoms with E-state index in [0.29, 0.717) is 0 Å². The molecule has 0 aliphatic carbocycles. The fourth-order valence-corrected chi connectivity index (χ4v) is 9.93. The summed E-state index contributed by atoms with van der Waals surface area (Å²) in [6.07, 6.45) is 1.95. The predicted octanol–water partition coefficient (Wildman–Crippen LogP) is 13.1. The van der Waals surface area contributed by atoms with Crippen LogP contribution in [0.4, 0.5) is 0 Å². The Hall–Kier alpha value is -5.97. The summed E-state index contributed by atoms with van der Waals surface area (Å²) in [7, 11) is 2.13. The molecule has 58 heavy (non-hydrogen) atoms. The van der Waals surface area contributed by atoms with Gasteiger partial charge in [0.2, 0.25) is 0 Å². The van der Waals surface area contributed by atoms with Gasteiger partial charge in [0, 0.05) is 27.7 Å². The predicted molar refractivity (Wildman–Crippen MR) is 236 cm³/mol. The van der Waals surface area contributed by atoms with Crippen molar-refractivity contribution in [1.29, 1.82) is 0 Å². The number of benzene rings is 6. The zero-order chi connectivity index (χ0) is 39.8. The van der Waals surface area contributed by atoms with E-state index in [1.54, 1.807) is 0 Å². The van der Waals surface area contributed by atoms with Gasteiger partial charge in [-0.05, 0) is 23.1 Å². The van der Waals surface area contributed by atoms with Crippen molar-refractivity contribution in [2.45, 2.75) is 52.4 Å². The maximum atomic E-state index is 6.95. The van der Waals surface area contributed by atoms with Crippen molar-refractivity contribution in [3.05, 3.63) is 149 Å². The third-order valence-electron chi connectivity index (χ3n) is 12.1. The van der Waals surface area contributed by atoms with Gasteiger partial charge >= 0.3 is 220 Å².